The first-order valence-electron chi connectivity index (χ1n) is 3.18. The fourth-order valence-electron chi connectivity index (χ4n) is 0.938. The molecule has 0 saturated heterocycles. The molecule has 64 valence electrons. The van der Waals surface area contributed by atoms with Gasteiger partial charge in [0.25, 0.3) is 0 Å². The van der Waals surface area contributed by atoms with Gasteiger partial charge in [-0.3, -0.25) is 4.99 Å². The van der Waals surface area contributed by atoms with E-state index in [1.165, 1.54) is 0 Å². The van der Waals surface area contributed by atoms with Crippen LogP contribution < -0.4 is 0 Å². The van der Waals surface area contributed by atoms with Crippen molar-refractivity contribution in [2.45, 2.75) is 16.1 Å². The van der Waals surface area contributed by atoms with Crippen molar-refractivity contribution in [3.63, 3.8) is 0 Å². The van der Waals surface area contributed by atoms with E-state index in [-0.39, 0.29) is 11.3 Å². The molecular formula is C6H7Cl4N. The summed E-state index contributed by atoms with van der Waals surface area (Å²) in [5, 5.41) is -0.234. The van der Waals surface area contributed by atoms with E-state index in [2.05, 4.69) is 4.99 Å². The van der Waals surface area contributed by atoms with Crippen molar-refractivity contribution >= 4 is 52.1 Å². The molecule has 1 rings (SSSR count). The highest BCUT2D eigenvalue weighted by Gasteiger charge is 2.38. The molecule has 1 heterocycles. The Morgan fingerprint density at radius 3 is 2.18 bits per heavy atom. The van der Waals surface area contributed by atoms with E-state index in [4.69, 9.17) is 46.4 Å². The Bertz CT molecular complexity index is 184. The molecule has 0 spiro atoms. The number of hydrogen-bond donors (Lipinski definition) is 0. The molecule has 0 saturated carbocycles. The van der Waals surface area contributed by atoms with E-state index >= 15 is 0 Å². The third-order valence-electron chi connectivity index (χ3n) is 1.60. The predicted octanol–water partition coefficient (Wildman–Crippen LogP) is 3.05. The van der Waals surface area contributed by atoms with Crippen molar-refractivity contribution in [2.24, 2.45) is 10.9 Å². The van der Waals surface area contributed by atoms with Crippen LogP contribution in [0.15, 0.2) is 4.99 Å². The van der Waals surface area contributed by atoms with Gasteiger partial charge in [-0.1, -0.05) is 41.7 Å². The molecule has 2 atom stereocenters. The average molecular weight is 235 g/mol. The van der Waals surface area contributed by atoms with Crippen LogP contribution in [-0.2, 0) is 0 Å². The van der Waals surface area contributed by atoms with Crippen molar-refractivity contribution in [1.82, 2.24) is 0 Å². The van der Waals surface area contributed by atoms with E-state index in [0.717, 1.165) is 0 Å². The molecule has 0 aliphatic carbocycles. The Morgan fingerprint density at radius 2 is 2.00 bits per heavy atom. The predicted molar refractivity (Wildman–Crippen MR) is 51.4 cm³/mol. The Hall–Kier alpha value is 0.830. The molecule has 0 aromatic heterocycles. The Labute approximate surface area is 85.7 Å². The van der Waals surface area contributed by atoms with Crippen LogP contribution in [0, 0.1) is 5.92 Å². The first-order valence-corrected chi connectivity index (χ1v) is 4.75. The highest BCUT2D eigenvalue weighted by molar-refractivity contribution is 6.78. The van der Waals surface area contributed by atoms with Gasteiger partial charge in [-0.05, 0) is 5.92 Å². The van der Waals surface area contributed by atoms with Gasteiger partial charge in [0.05, 0.1) is 11.1 Å². The van der Waals surface area contributed by atoms with Crippen molar-refractivity contribution in [1.29, 1.82) is 0 Å². The fraction of sp³-hybridized carbons (Fsp3) is 0.833. The topological polar surface area (TPSA) is 12.4 Å². The van der Waals surface area contributed by atoms with E-state index in [1.807, 2.05) is 6.92 Å². The van der Waals surface area contributed by atoms with Gasteiger partial charge in [-0.25, -0.2) is 0 Å². The van der Waals surface area contributed by atoms with Gasteiger partial charge >= 0.3 is 0 Å². The summed E-state index contributed by atoms with van der Waals surface area (Å²) in [5.74, 6) is 0.266. The molecule has 0 aromatic rings. The zero-order valence-corrected chi connectivity index (χ0v) is 8.84. The minimum atomic E-state index is -1.43. The molecular weight excluding hydrogens is 228 g/mol. The molecule has 1 nitrogen and oxygen atoms in total. The van der Waals surface area contributed by atoms with E-state index < -0.39 is 3.79 Å². The Morgan fingerprint density at radius 1 is 1.45 bits per heavy atom. The lowest BCUT2D eigenvalue weighted by Crippen LogP contribution is -2.28. The average Bonchev–Trinajstić information content (AvgIpc) is 2.11. The number of aliphatic imine (C=N–C) groups is 1. The summed E-state index contributed by atoms with van der Waals surface area (Å²) in [4.78, 5) is 4.06. The van der Waals surface area contributed by atoms with Crippen LogP contribution in [0.5, 0.6) is 0 Å². The number of alkyl halides is 4. The lowest BCUT2D eigenvalue weighted by atomic mass is 10.1. The molecule has 0 amide bonds. The van der Waals surface area contributed by atoms with Gasteiger partial charge in [0.2, 0.25) is 3.79 Å². The Balaban J connectivity index is 2.76. The monoisotopic (exact) mass is 233 g/mol. The highest BCUT2D eigenvalue weighted by Crippen LogP contribution is 2.36. The lowest BCUT2D eigenvalue weighted by Gasteiger charge is -2.15. The van der Waals surface area contributed by atoms with Crippen LogP contribution in [0.4, 0.5) is 0 Å². The smallest absolute Gasteiger partial charge is 0.229 e. The lowest BCUT2D eigenvalue weighted by molar-refractivity contribution is 0.669. The first-order chi connectivity index (χ1) is 4.93. The summed E-state index contributed by atoms with van der Waals surface area (Å²) >= 11 is 22.8. The second-order valence-electron chi connectivity index (χ2n) is 2.60. The molecule has 1 aliphatic heterocycles. The third-order valence-corrected chi connectivity index (χ3v) is 2.82. The molecule has 11 heavy (non-hydrogen) atoms. The van der Waals surface area contributed by atoms with Gasteiger partial charge < -0.3 is 0 Å². The van der Waals surface area contributed by atoms with Crippen molar-refractivity contribution in [2.75, 3.05) is 6.54 Å². The largest absolute Gasteiger partial charge is 0.288 e. The molecule has 0 aromatic carbocycles. The summed E-state index contributed by atoms with van der Waals surface area (Å²) in [6.45, 7) is 2.63. The minimum absolute atomic E-state index is 0.234. The quantitative estimate of drug-likeness (QED) is 0.572. The van der Waals surface area contributed by atoms with Gasteiger partial charge in [-0.15, -0.1) is 11.6 Å². The summed E-state index contributed by atoms with van der Waals surface area (Å²) in [5.41, 5.74) is 0.469. The van der Waals surface area contributed by atoms with Crippen LogP contribution >= 0.6 is 46.4 Å². The van der Waals surface area contributed by atoms with Crippen molar-refractivity contribution in [3.05, 3.63) is 0 Å². The highest BCUT2D eigenvalue weighted by atomic mass is 35.6. The molecule has 0 radical (unpaired) electrons. The van der Waals surface area contributed by atoms with Gasteiger partial charge in [0.15, 0.2) is 0 Å². The standard InChI is InChI=1S/C6H7Cl4N/c1-3-2-11-5(4(3)7)6(8,9)10/h3-4H,2H2,1H3/t3-,4+/m1/s1. The van der Waals surface area contributed by atoms with Gasteiger partial charge in [0.1, 0.15) is 0 Å². The number of halogens is 4. The second kappa shape index (κ2) is 3.29. The van der Waals surface area contributed by atoms with Crippen molar-refractivity contribution in [3.8, 4) is 0 Å². The van der Waals surface area contributed by atoms with Crippen LogP contribution in [-0.4, -0.2) is 21.4 Å². The molecule has 0 bridgehead atoms. The third kappa shape index (κ3) is 2.15. The second-order valence-corrected chi connectivity index (χ2v) is 5.35. The number of rotatable bonds is 0. The van der Waals surface area contributed by atoms with Gasteiger partial charge in [0, 0.05) is 6.54 Å². The molecule has 5 heteroatoms. The molecule has 0 N–H and O–H groups in total. The number of nitrogens with zero attached hydrogens (tertiary/aromatic N) is 1. The van der Waals surface area contributed by atoms with Crippen molar-refractivity contribution < 1.29 is 0 Å². The SMILES string of the molecule is C[C@@H]1CN=C(C(Cl)(Cl)Cl)[C@H]1Cl. The van der Waals surface area contributed by atoms with Crippen LogP contribution in [0.2, 0.25) is 0 Å². The Kier molecular flexibility index (Phi) is 2.97. The summed E-state index contributed by atoms with van der Waals surface area (Å²) in [6.07, 6.45) is 0. The van der Waals surface area contributed by atoms with Crippen LogP contribution in [0.25, 0.3) is 0 Å². The zero-order chi connectivity index (χ0) is 8.65. The van der Waals surface area contributed by atoms with Crippen LogP contribution in [0.3, 0.4) is 0 Å². The summed E-state index contributed by atoms with van der Waals surface area (Å²) < 4.78 is -1.43. The summed E-state index contributed by atoms with van der Waals surface area (Å²) in [7, 11) is 0. The maximum Gasteiger partial charge on any atom is 0.229 e. The van der Waals surface area contributed by atoms with Crippen LogP contribution in [0.1, 0.15) is 6.92 Å². The van der Waals surface area contributed by atoms with Gasteiger partial charge in [-0.2, -0.15) is 0 Å². The van der Waals surface area contributed by atoms with E-state index in [1.54, 1.807) is 0 Å². The molecule has 0 unspecified atom stereocenters. The zero-order valence-electron chi connectivity index (χ0n) is 5.82. The normalized spacial score (nSPS) is 32.3. The maximum absolute atomic E-state index is 5.93. The summed E-state index contributed by atoms with van der Waals surface area (Å²) in [6, 6.07) is 0. The van der Waals surface area contributed by atoms with E-state index in [0.29, 0.717) is 12.3 Å². The first kappa shape index (κ1) is 9.91. The number of hydrogen-bond acceptors (Lipinski definition) is 1. The molecule has 0 fully saturated rings. The van der Waals surface area contributed by atoms with E-state index in [9.17, 15) is 0 Å². The fourth-order valence-corrected chi connectivity index (χ4v) is 1.95. The maximum atomic E-state index is 5.93. The minimum Gasteiger partial charge on any atom is -0.288 e. The molecule has 1 aliphatic rings.